The van der Waals surface area contributed by atoms with Crippen molar-refractivity contribution in [2.24, 2.45) is 0 Å². The van der Waals surface area contributed by atoms with Gasteiger partial charge in [-0.2, -0.15) is 13.2 Å². The number of aromatic nitrogens is 1. The molecule has 1 heterocycles. The van der Waals surface area contributed by atoms with Crippen LogP contribution in [-0.4, -0.2) is 12.0 Å². The molecule has 6 heteroatoms. The summed E-state index contributed by atoms with van der Waals surface area (Å²) in [5, 5.41) is 2.40. The van der Waals surface area contributed by atoms with Crippen LogP contribution in [0, 0.1) is 12.7 Å². The van der Waals surface area contributed by atoms with Crippen LogP contribution in [0.25, 0.3) is 0 Å². The zero-order valence-corrected chi connectivity index (χ0v) is 7.54. The van der Waals surface area contributed by atoms with Crippen LogP contribution in [0.5, 0.6) is 0 Å². The molecule has 2 nitrogen and oxygen atoms in total. The SMILES string of the molecule is CNc1nc(C(F)(F)F)cc(F)c1C. The van der Waals surface area contributed by atoms with Gasteiger partial charge in [0.15, 0.2) is 0 Å². The van der Waals surface area contributed by atoms with Crippen molar-refractivity contribution in [3.63, 3.8) is 0 Å². The summed E-state index contributed by atoms with van der Waals surface area (Å²) in [6.07, 6.45) is -4.62. The van der Waals surface area contributed by atoms with Gasteiger partial charge in [0.05, 0.1) is 0 Å². The van der Waals surface area contributed by atoms with Crippen LogP contribution in [0.4, 0.5) is 23.4 Å². The van der Waals surface area contributed by atoms with Gasteiger partial charge in [-0.3, -0.25) is 0 Å². The van der Waals surface area contributed by atoms with Gasteiger partial charge < -0.3 is 5.32 Å². The summed E-state index contributed by atoms with van der Waals surface area (Å²) in [5.41, 5.74) is -1.16. The lowest BCUT2D eigenvalue weighted by Crippen LogP contribution is -2.11. The van der Waals surface area contributed by atoms with E-state index in [0.717, 1.165) is 0 Å². The van der Waals surface area contributed by atoms with Crippen LogP contribution < -0.4 is 5.32 Å². The normalized spacial score (nSPS) is 11.6. The molecular weight excluding hydrogens is 200 g/mol. The first-order valence-corrected chi connectivity index (χ1v) is 3.78. The van der Waals surface area contributed by atoms with E-state index in [-0.39, 0.29) is 11.4 Å². The fourth-order valence-corrected chi connectivity index (χ4v) is 0.967. The highest BCUT2D eigenvalue weighted by Gasteiger charge is 2.33. The van der Waals surface area contributed by atoms with Crippen LogP contribution in [0.1, 0.15) is 11.3 Å². The van der Waals surface area contributed by atoms with E-state index in [1.807, 2.05) is 0 Å². The fraction of sp³-hybridized carbons (Fsp3) is 0.375. The Morgan fingerprint density at radius 2 is 1.93 bits per heavy atom. The first-order valence-electron chi connectivity index (χ1n) is 3.78. The number of alkyl halides is 3. The molecule has 0 fully saturated rings. The summed E-state index contributed by atoms with van der Waals surface area (Å²) in [6.45, 7) is 1.36. The summed E-state index contributed by atoms with van der Waals surface area (Å²) in [5.74, 6) is -1.02. The Bertz CT molecular complexity index is 346. The monoisotopic (exact) mass is 208 g/mol. The third kappa shape index (κ3) is 1.94. The molecule has 0 aliphatic heterocycles. The van der Waals surface area contributed by atoms with Crippen LogP contribution in [0.3, 0.4) is 0 Å². The molecule has 0 atom stereocenters. The first kappa shape index (κ1) is 10.7. The Morgan fingerprint density at radius 1 is 1.36 bits per heavy atom. The standard InChI is InChI=1S/C8H8F4N2/c1-4-5(9)3-6(8(10,11)12)14-7(4)13-2/h3H,1-2H3,(H,13,14). The molecule has 0 aliphatic carbocycles. The maximum absolute atomic E-state index is 13.0. The predicted octanol–water partition coefficient (Wildman–Crippen LogP) is 2.59. The van der Waals surface area contributed by atoms with E-state index in [1.54, 1.807) is 0 Å². The molecule has 0 aliphatic rings. The Morgan fingerprint density at radius 3 is 2.36 bits per heavy atom. The molecule has 1 N–H and O–H groups in total. The minimum Gasteiger partial charge on any atom is -0.373 e. The number of nitrogens with one attached hydrogen (secondary N) is 1. The van der Waals surface area contributed by atoms with Crippen molar-refractivity contribution in [3.05, 3.63) is 23.1 Å². The lowest BCUT2D eigenvalue weighted by Gasteiger charge is -2.10. The number of anilines is 1. The van der Waals surface area contributed by atoms with Gasteiger partial charge in [-0.25, -0.2) is 9.37 Å². The molecule has 0 bridgehead atoms. The first-order chi connectivity index (χ1) is 6.36. The second-order valence-electron chi connectivity index (χ2n) is 2.71. The summed E-state index contributed by atoms with van der Waals surface area (Å²) in [6, 6.07) is 0.385. The topological polar surface area (TPSA) is 24.9 Å². The van der Waals surface area contributed by atoms with Gasteiger partial charge >= 0.3 is 6.18 Å². The molecule has 0 amide bonds. The van der Waals surface area contributed by atoms with E-state index >= 15 is 0 Å². The lowest BCUT2D eigenvalue weighted by molar-refractivity contribution is -0.141. The predicted molar refractivity (Wildman–Crippen MR) is 43.5 cm³/mol. The third-order valence-corrected chi connectivity index (χ3v) is 1.74. The second-order valence-corrected chi connectivity index (χ2v) is 2.71. The smallest absolute Gasteiger partial charge is 0.373 e. The molecule has 1 rings (SSSR count). The number of pyridine rings is 1. The van der Waals surface area contributed by atoms with Crippen LogP contribution in [0.2, 0.25) is 0 Å². The number of nitrogens with zero attached hydrogens (tertiary/aromatic N) is 1. The largest absolute Gasteiger partial charge is 0.433 e. The quantitative estimate of drug-likeness (QED) is 0.717. The molecule has 14 heavy (non-hydrogen) atoms. The molecule has 0 saturated carbocycles. The molecule has 0 saturated heterocycles. The van der Waals surface area contributed by atoms with E-state index in [9.17, 15) is 17.6 Å². The molecule has 0 aromatic carbocycles. The lowest BCUT2D eigenvalue weighted by atomic mass is 10.2. The number of hydrogen-bond acceptors (Lipinski definition) is 2. The minimum absolute atomic E-state index is 0.0699. The number of rotatable bonds is 1. The average Bonchev–Trinajstić information content (AvgIpc) is 2.07. The Hall–Kier alpha value is -1.33. The number of hydrogen-bond donors (Lipinski definition) is 1. The van der Waals surface area contributed by atoms with Crippen molar-refractivity contribution >= 4 is 5.82 Å². The zero-order valence-electron chi connectivity index (χ0n) is 7.54. The molecule has 0 unspecified atom stereocenters. The Labute approximate surface area is 78.0 Å². The van der Waals surface area contributed by atoms with Gasteiger partial charge in [-0.05, 0) is 6.92 Å². The summed E-state index contributed by atoms with van der Waals surface area (Å²) in [4.78, 5) is 3.25. The fourth-order valence-electron chi connectivity index (χ4n) is 0.967. The van der Waals surface area contributed by atoms with Gasteiger partial charge in [0.2, 0.25) is 0 Å². The van der Waals surface area contributed by atoms with Gasteiger partial charge in [-0.1, -0.05) is 0 Å². The molecular formula is C8H8F4N2. The van der Waals surface area contributed by atoms with Gasteiger partial charge in [0, 0.05) is 18.7 Å². The van der Waals surface area contributed by atoms with Crippen molar-refractivity contribution in [2.75, 3.05) is 12.4 Å². The Balaban J connectivity index is 3.30. The van der Waals surface area contributed by atoms with Gasteiger partial charge in [0.25, 0.3) is 0 Å². The van der Waals surface area contributed by atoms with Gasteiger partial charge in [0.1, 0.15) is 17.3 Å². The summed E-state index contributed by atoms with van der Waals surface area (Å²) < 4.78 is 49.5. The highest BCUT2D eigenvalue weighted by atomic mass is 19.4. The Kier molecular flexibility index (Phi) is 2.64. The third-order valence-electron chi connectivity index (χ3n) is 1.74. The van der Waals surface area contributed by atoms with Gasteiger partial charge in [-0.15, -0.1) is 0 Å². The van der Waals surface area contributed by atoms with Crippen molar-refractivity contribution in [3.8, 4) is 0 Å². The second kappa shape index (κ2) is 3.43. The molecule has 1 aromatic heterocycles. The van der Waals surface area contributed by atoms with Crippen LogP contribution in [-0.2, 0) is 6.18 Å². The summed E-state index contributed by atoms with van der Waals surface area (Å²) >= 11 is 0. The van der Waals surface area contributed by atoms with E-state index in [2.05, 4.69) is 10.3 Å². The van der Waals surface area contributed by atoms with Crippen LogP contribution >= 0.6 is 0 Å². The van der Waals surface area contributed by atoms with E-state index in [4.69, 9.17) is 0 Å². The maximum atomic E-state index is 13.0. The maximum Gasteiger partial charge on any atom is 0.433 e. The van der Waals surface area contributed by atoms with Crippen molar-refractivity contribution in [2.45, 2.75) is 13.1 Å². The number of halogens is 4. The average molecular weight is 208 g/mol. The van der Waals surface area contributed by atoms with E-state index in [0.29, 0.717) is 6.07 Å². The van der Waals surface area contributed by atoms with Crippen molar-refractivity contribution < 1.29 is 17.6 Å². The molecule has 1 aromatic rings. The highest BCUT2D eigenvalue weighted by Crippen LogP contribution is 2.30. The molecule has 78 valence electrons. The van der Waals surface area contributed by atoms with Crippen molar-refractivity contribution in [1.82, 2.24) is 4.98 Å². The molecule has 0 spiro atoms. The summed E-state index contributed by atoms with van der Waals surface area (Å²) in [7, 11) is 1.38. The highest BCUT2D eigenvalue weighted by molar-refractivity contribution is 5.44. The minimum atomic E-state index is -4.62. The molecule has 0 radical (unpaired) electrons. The van der Waals surface area contributed by atoms with Crippen molar-refractivity contribution in [1.29, 1.82) is 0 Å². The van der Waals surface area contributed by atoms with E-state index in [1.165, 1.54) is 14.0 Å². The van der Waals surface area contributed by atoms with E-state index < -0.39 is 17.7 Å². The zero-order chi connectivity index (χ0) is 10.9. The van der Waals surface area contributed by atoms with Crippen LogP contribution in [0.15, 0.2) is 6.07 Å².